The Labute approximate surface area is 109 Å². The molecule has 1 unspecified atom stereocenters. The van der Waals surface area contributed by atoms with E-state index in [-0.39, 0.29) is 0 Å². The van der Waals surface area contributed by atoms with E-state index in [0.29, 0.717) is 22.0 Å². The second kappa shape index (κ2) is 5.45. The van der Waals surface area contributed by atoms with Crippen LogP contribution in [-0.2, 0) is 6.42 Å². The third-order valence-corrected chi connectivity index (χ3v) is 3.02. The van der Waals surface area contributed by atoms with Crippen LogP contribution >= 0.6 is 23.2 Å². The van der Waals surface area contributed by atoms with Gasteiger partial charge in [-0.15, -0.1) is 0 Å². The number of aromatic nitrogens is 2. The zero-order chi connectivity index (χ0) is 12.3. The molecule has 1 N–H and O–H groups in total. The Morgan fingerprint density at radius 1 is 1.18 bits per heavy atom. The molecular weight excluding hydrogens is 259 g/mol. The van der Waals surface area contributed by atoms with E-state index in [1.54, 1.807) is 24.3 Å². The molecule has 1 aromatic carbocycles. The van der Waals surface area contributed by atoms with Crippen molar-refractivity contribution in [3.63, 3.8) is 0 Å². The van der Waals surface area contributed by atoms with Crippen LogP contribution in [0.15, 0.2) is 36.7 Å². The monoisotopic (exact) mass is 268 g/mol. The van der Waals surface area contributed by atoms with Crippen LogP contribution in [0.1, 0.15) is 17.2 Å². The predicted molar refractivity (Wildman–Crippen MR) is 67.2 cm³/mol. The Hall–Kier alpha value is -1.16. The standard InChI is InChI=1S/C12H10Cl2N2O/c13-10-1-2-11(14)9(5-10)6-12(17)8-3-4-15-16-7-8/h1-5,7,12,17H,6H2. The average molecular weight is 269 g/mol. The van der Waals surface area contributed by atoms with Crippen LogP contribution in [0.25, 0.3) is 0 Å². The Morgan fingerprint density at radius 2 is 2.00 bits per heavy atom. The number of halogens is 2. The quantitative estimate of drug-likeness (QED) is 0.931. The molecule has 0 fully saturated rings. The lowest BCUT2D eigenvalue weighted by Crippen LogP contribution is -2.03. The van der Waals surface area contributed by atoms with E-state index in [4.69, 9.17) is 23.2 Å². The van der Waals surface area contributed by atoms with Crippen LogP contribution < -0.4 is 0 Å². The highest BCUT2D eigenvalue weighted by Crippen LogP contribution is 2.25. The van der Waals surface area contributed by atoms with Gasteiger partial charge in [0, 0.05) is 28.2 Å². The SMILES string of the molecule is OC(Cc1cc(Cl)ccc1Cl)c1ccnnc1. The minimum atomic E-state index is -0.665. The maximum Gasteiger partial charge on any atom is 0.0846 e. The van der Waals surface area contributed by atoms with E-state index >= 15 is 0 Å². The minimum Gasteiger partial charge on any atom is -0.388 e. The first-order valence-electron chi connectivity index (χ1n) is 5.05. The second-order valence-corrected chi connectivity index (χ2v) is 4.48. The smallest absolute Gasteiger partial charge is 0.0846 e. The van der Waals surface area contributed by atoms with E-state index < -0.39 is 6.10 Å². The molecule has 0 bridgehead atoms. The lowest BCUT2D eigenvalue weighted by molar-refractivity contribution is 0.178. The molecule has 2 aromatic rings. The Morgan fingerprint density at radius 3 is 2.71 bits per heavy atom. The highest BCUT2D eigenvalue weighted by Gasteiger charge is 2.11. The number of benzene rings is 1. The van der Waals surface area contributed by atoms with Gasteiger partial charge in [-0.3, -0.25) is 0 Å². The van der Waals surface area contributed by atoms with Gasteiger partial charge < -0.3 is 5.11 Å². The maximum atomic E-state index is 10.0. The zero-order valence-corrected chi connectivity index (χ0v) is 10.4. The zero-order valence-electron chi connectivity index (χ0n) is 8.85. The molecule has 0 aliphatic rings. The Bertz CT molecular complexity index is 505. The summed E-state index contributed by atoms with van der Waals surface area (Å²) in [5.41, 5.74) is 1.51. The highest BCUT2D eigenvalue weighted by atomic mass is 35.5. The van der Waals surface area contributed by atoms with E-state index in [1.165, 1.54) is 12.4 Å². The Balaban J connectivity index is 2.18. The van der Waals surface area contributed by atoms with Gasteiger partial charge in [0.1, 0.15) is 0 Å². The van der Waals surface area contributed by atoms with Crippen LogP contribution in [0.2, 0.25) is 10.0 Å². The molecule has 5 heteroatoms. The molecular formula is C12H10Cl2N2O. The van der Waals surface area contributed by atoms with Gasteiger partial charge in [-0.05, 0) is 29.8 Å². The van der Waals surface area contributed by atoms with Crippen molar-refractivity contribution in [2.45, 2.75) is 12.5 Å². The fraction of sp³-hybridized carbons (Fsp3) is 0.167. The molecule has 1 atom stereocenters. The molecule has 0 spiro atoms. The van der Waals surface area contributed by atoms with Gasteiger partial charge in [-0.2, -0.15) is 10.2 Å². The number of hydrogen-bond donors (Lipinski definition) is 1. The maximum absolute atomic E-state index is 10.0. The van der Waals surface area contributed by atoms with Crippen LogP contribution in [0.5, 0.6) is 0 Å². The summed E-state index contributed by atoms with van der Waals surface area (Å²) < 4.78 is 0. The molecule has 0 saturated heterocycles. The van der Waals surface area contributed by atoms with Crippen molar-refractivity contribution in [2.24, 2.45) is 0 Å². The molecule has 2 rings (SSSR count). The molecule has 0 amide bonds. The van der Waals surface area contributed by atoms with Crippen molar-refractivity contribution < 1.29 is 5.11 Å². The van der Waals surface area contributed by atoms with Gasteiger partial charge in [0.25, 0.3) is 0 Å². The largest absolute Gasteiger partial charge is 0.388 e. The summed E-state index contributed by atoms with van der Waals surface area (Å²) in [5.74, 6) is 0. The molecule has 1 heterocycles. The normalized spacial score (nSPS) is 12.4. The fourth-order valence-corrected chi connectivity index (χ4v) is 1.91. The van der Waals surface area contributed by atoms with Crippen LogP contribution in [0.3, 0.4) is 0 Å². The first-order chi connectivity index (χ1) is 8.16. The number of rotatable bonds is 3. The molecule has 0 saturated carbocycles. The van der Waals surface area contributed by atoms with E-state index in [2.05, 4.69) is 10.2 Å². The molecule has 0 aliphatic heterocycles. The second-order valence-electron chi connectivity index (χ2n) is 3.63. The van der Waals surface area contributed by atoms with Crippen LogP contribution in [0, 0.1) is 0 Å². The summed E-state index contributed by atoms with van der Waals surface area (Å²) in [6, 6.07) is 6.91. The number of aliphatic hydroxyl groups is 1. The average Bonchev–Trinajstić information content (AvgIpc) is 2.35. The number of hydrogen-bond acceptors (Lipinski definition) is 3. The first-order valence-corrected chi connectivity index (χ1v) is 5.81. The van der Waals surface area contributed by atoms with E-state index in [0.717, 1.165) is 5.56 Å². The topological polar surface area (TPSA) is 46.0 Å². The number of nitrogens with zero attached hydrogens (tertiary/aromatic N) is 2. The van der Waals surface area contributed by atoms with Gasteiger partial charge in [0.05, 0.1) is 12.3 Å². The van der Waals surface area contributed by atoms with Crippen LogP contribution in [-0.4, -0.2) is 15.3 Å². The van der Waals surface area contributed by atoms with Gasteiger partial charge in [-0.25, -0.2) is 0 Å². The van der Waals surface area contributed by atoms with Crippen molar-refractivity contribution in [1.29, 1.82) is 0 Å². The summed E-state index contributed by atoms with van der Waals surface area (Å²) in [6.45, 7) is 0. The molecule has 1 aromatic heterocycles. The molecule has 0 aliphatic carbocycles. The number of aliphatic hydroxyl groups excluding tert-OH is 1. The summed E-state index contributed by atoms with van der Waals surface area (Å²) in [4.78, 5) is 0. The third kappa shape index (κ3) is 3.16. The van der Waals surface area contributed by atoms with Crippen molar-refractivity contribution in [3.05, 3.63) is 57.8 Å². The predicted octanol–water partition coefficient (Wildman–Crippen LogP) is 3.06. The molecule has 0 radical (unpaired) electrons. The van der Waals surface area contributed by atoms with Crippen molar-refractivity contribution in [1.82, 2.24) is 10.2 Å². The van der Waals surface area contributed by atoms with Gasteiger partial charge >= 0.3 is 0 Å². The fourth-order valence-electron chi connectivity index (χ4n) is 1.52. The summed E-state index contributed by atoms with van der Waals surface area (Å²) in [5, 5.41) is 18.6. The van der Waals surface area contributed by atoms with Gasteiger partial charge in [0.15, 0.2) is 0 Å². The summed E-state index contributed by atoms with van der Waals surface area (Å²) in [7, 11) is 0. The molecule has 3 nitrogen and oxygen atoms in total. The lowest BCUT2D eigenvalue weighted by Gasteiger charge is -2.11. The summed E-state index contributed by atoms with van der Waals surface area (Å²) >= 11 is 11.9. The van der Waals surface area contributed by atoms with Crippen LogP contribution in [0.4, 0.5) is 0 Å². The lowest BCUT2D eigenvalue weighted by atomic mass is 10.0. The van der Waals surface area contributed by atoms with Gasteiger partial charge in [-0.1, -0.05) is 23.2 Å². The highest BCUT2D eigenvalue weighted by molar-refractivity contribution is 6.33. The van der Waals surface area contributed by atoms with Crippen molar-refractivity contribution in [2.75, 3.05) is 0 Å². The van der Waals surface area contributed by atoms with E-state index in [9.17, 15) is 5.11 Å². The Kier molecular flexibility index (Phi) is 3.94. The van der Waals surface area contributed by atoms with Crippen molar-refractivity contribution >= 4 is 23.2 Å². The van der Waals surface area contributed by atoms with E-state index in [1.807, 2.05) is 0 Å². The third-order valence-electron chi connectivity index (χ3n) is 2.41. The molecule has 88 valence electrons. The molecule has 17 heavy (non-hydrogen) atoms. The van der Waals surface area contributed by atoms with Gasteiger partial charge in [0.2, 0.25) is 0 Å². The first kappa shape index (κ1) is 12.3. The van der Waals surface area contributed by atoms with Crippen molar-refractivity contribution in [3.8, 4) is 0 Å². The summed E-state index contributed by atoms with van der Waals surface area (Å²) in [6.07, 6.45) is 2.80. The minimum absolute atomic E-state index is 0.394.